The van der Waals surface area contributed by atoms with Gasteiger partial charge in [0.1, 0.15) is 0 Å². The molecule has 4 saturated carbocycles. The fourth-order valence-corrected chi connectivity index (χ4v) is 8.73. The Kier molecular flexibility index (Phi) is 5.36. The van der Waals surface area contributed by atoms with Crippen molar-refractivity contribution in [1.82, 2.24) is 0 Å². The van der Waals surface area contributed by atoms with Gasteiger partial charge < -0.3 is 15.3 Å². The van der Waals surface area contributed by atoms with Crippen LogP contribution in [0.15, 0.2) is 0 Å². The zero-order valence-corrected chi connectivity index (χ0v) is 17.9. The minimum absolute atomic E-state index is 0.179. The lowest BCUT2D eigenvalue weighted by atomic mass is 9.43. The minimum atomic E-state index is -0.684. The minimum Gasteiger partial charge on any atom is -0.481 e. The standard InChI is InChI=1S/C24H40O4/c1-14(4-7-21(27)28)17-5-6-18-22-19(9-11-24(17,18)3)23(2)10-8-16(25)12-15(23)13-20(22)26/h14-20,22,25-26H,4-13H2,1-3H3,(H,27,28)/t14-,15?,16-,17?,18?,19?,20-,22?,23+,24-/m1/s1. The molecular weight excluding hydrogens is 352 g/mol. The Hall–Kier alpha value is -0.610. The van der Waals surface area contributed by atoms with E-state index in [1.165, 1.54) is 25.7 Å². The summed E-state index contributed by atoms with van der Waals surface area (Å²) in [6.45, 7) is 7.16. The lowest BCUT2D eigenvalue weighted by molar-refractivity contribution is -0.174. The van der Waals surface area contributed by atoms with E-state index < -0.39 is 5.97 Å². The van der Waals surface area contributed by atoms with Gasteiger partial charge >= 0.3 is 5.97 Å². The Labute approximate surface area is 170 Å². The molecule has 160 valence electrons. The summed E-state index contributed by atoms with van der Waals surface area (Å²) in [5.74, 6) is 2.36. The summed E-state index contributed by atoms with van der Waals surface area (Å²) in [5.41, 5.74) is 0.523. The molecule has 0 aromatic heterocycles. The highest BCUT2D eigenvalue weighted by molar-refractivity contribution is 5.66. The first-order valence-corrected chi connectivity index (χ1v) is 11.7. The first-order valence-electron chi connectivity index (χ1n) is 11.7. The molecule has 4 heteroatoms. The molecule has 4 aliphatic rings. The first kappa shape index (κ1) is 20.7. The number of fused-ring (bicyclic) bond motifs is 5. The first-order chi connectivity index (χ1) is 13.2. The third-order valence-corrected chi connectivity index (χ3v) is 10.2. The number of rotatable bonds is 4. The van der Waals surface area contributed by atoms with Crippen molar-refractivity contribution in [2.24, 2.45) is 46.3 Å². The second-order valence-corrected chi connectivity index (χ2v) is 11.4. The molecule has 0 amide bonds. The molecule has 3 N–H and O–H groups in total. The molecule has 0 spiro atoms. The van der Waals surface area contributed by atoms with Gasteiger partial charge in [-0.3, -0.25) is 4.79 Å². The molecule has 0 aliphatic heterocycles. The van der Waals surface area contributed by atoms with Crippen molar-refractivity contribution >= 4 is 5.97 Å². The Morgan fingerprint density at radius 3 is 2.39 bits per heavy atom. The summed E-state index contributed by atoms with van der Waals surface area (Å²) in [6, 6.07) is 0. The highest BCUT2D eigenvalue weighted by Crippen LogP contribution is 2.68. The van der Waals surface area contributed by atoms with E-state index in [4.69, 9.17) is 5.11 Å². The second-order valence-electron chi connectivity index (χ2n) is 11.4. The molecule has 0 radical (unpaired) electrons. The highest BCUT2D eigenvalue weighted by atomic mass is 16.4. The number of aliphatic carboxylic acids is 1. The van der Waals surface area contributed by atoms with Crippen LogP contribution in [0.4, 0.5) is 0 Å². The van der Waals surface area contributed by atoms with E-state index in [0.717, 1.165) is 32.1 Å². The van der Waals surface area contributed by atoms with Crippen LogP contribution in [0, 0.1) is 46.3 Å². The zero-order chi connectivity index (χ0) is 20.3. The summed E-state index contributed by atoms with van der Waals surface area (Å²) in [4.78, 5) is 11.1. The Balaban J connectivity index is 1.55. The van der Waals surface area contributed by atoms with Gasteiger partial charge in [0, 0.05) is 6.42 Å². The highest BCUT2D eigenvalue weighted by Gasteiger charge is 2.62. The molecule has 0 bridgehead atoms. The largest absolute Gasteiger partial charge is 0.481 e. The number of aliphatic hydroxyl groups excluding tert-OH is 2. The van der Waals surface area contributed by atoms with E-state index in [2.05, 4.69) is 20.8 Å². The number of hydrogen-bond donors (Lipinski definition) is 3. The van der Waals surface area contributed by atoms with Gasteiger partial charge in [-0.2, -0.15) is 0 Å². The van der Waals surface area contributed by atoms with Crippen LogP contribution in [0.25, 0.3) is 0 Å². The smallest absolute Gasteiger partial charge is 0.303 e. The molecule has 10 atom stereocenters. The van der Waals surface area contributed by atoms with E-state index >= 15 is 0 Å². The van der Waals surface area contributed by atoms with Gasteiger partial charge in [-0.15, -0.1) is 0 Å². The van der Waals surface area contributed by atoms with E-state index in [-0.39, 0.29) is 29.5 Å². The van der Waals surface area contributed by atoms with Gasteiger partial charge in [0.2, 0.25) is 0 Å². The topological polar surface area (TPSA) is 77.8 Å². The Morgan fingerprint density at radius 2 is 1.68 bits per heavy atom. The molecule has 0 saturated heterocycles. The molecule has 4 fully saturated rings. The molecule has 4 nitrogen and oxygen atoms in total. The van der Waals surface area contributed by atoms with Gasteiger partial charge in [0.25, 0.3) is 0 Å². The van der Waals surface area contributed by atoms with E-state index in [1.54, 1.807) is 0 Å². The lowest BCUT2D eigenvalue weighted by Crippen LogP contribution is -2.58. The van der Waals surface area contributed by atoms with Gasteiger partial charge in [-0.1, -0.05) is 20.8 Å². The van der Waals surface area contributed by atoms with Crippen LogP contribution in [-0.2, 0) is 4.79 Å². The van der Waals surface area contributed by atoms with E-state index in [0.29, 0.717) is 35.5 Å². The van der Waals surface area contributed by atoms with Crippen LogP contribution in [0.3, 0.4) is 0 Å². The number of carboxylic acids is 1. The second kappa shape index (κ2) is 7.27. The SMILES string of the molecule is C[C@H](CCC(=O)O)C1CCC2C3C(CC[C@@]21C)[C@@]1(C)CC[C@@H](O)CC1C[C@H]3O. The van der Waals surface area contributed by atoms with Gasteiger partial charge in [-0.05, 0) is 104 Å². The van der Waals surface area contributed by atoms with Gasteiger partial charge in [-0.25, -0.2) is 0 Å². The number of aliphatic hydroxyl groups is 2. The zero-order valence-electron chi connectivity index (χ0n) is 17.9. The van der Waals surface area contributed by atoms with Crippen LogP contribution >= 0.6 is 0 Å². The molecular formula is C24H40O4. The molecule has 0 heterocycles. The summed E-state index contributed by atoms with van der Waals surface area (Å²) in [7, 11) is 0. The maximum absolute atomic E-state index is 11.2. The summed E-state index contributed by atoms with van der Waals surface area (Å²) < 4.78 is 0. The van der Waals surface area contributed by atoms with Crippen molar-refractivity contribution in [1.29, 1.82) is 0 Å². The number of hydrogen-bond acceptors (Lipinski definition) is 3. The van der Waals surface area contributed by atoms with Gasteiger partial charge in [0.05, 0.1) is 12.2 Å². The van der Waals surface area contributed by atoms with Crippen molar-refractivity contribution in [2.75, 3.05) is 0 Å². The van der Waals surface area contributed by atoms with Crippen LogP contribution in [0.1, 0.15) is 85.0 Å². The quantitative estimate of drug-likeness (QED) is 0.659. The predicted molar refractivity (Wildman–Crippen MR) is 109 cm³/mol. The van der Waals surface area contributed by atoms with E-state index in [1.807, 2.05) is 0 Å². The van der Waals surface area contributed by atoms with Crippen LogP contribution < -0.4 is 0 Å². The van der Waals surface area contributed by atoms with Crippen molar-refractivity contribution in [3.8, 4) is 0 Å². The van der Waals surface area contributed by atoms with Crippen LogP contribution in [0.2, 0.25) is 0 Å². The fraction of sp³-hybridized carbons (Fsp3) is 0.958. The van der Waals surface area contributed by atoms with Crippen LogP contribution in [0.5, 0.6) is 0 Å². The average molecular weight is 393 g/mol. The maximum atomic E-state index is 11.2. The average Bonchev–Trinajstić information content (AvgIpc) is 2.98. The van der Waals surface area contributed by atoms with Crippen molar-refractivity contribution in [2.45, 2.75) is 97.2 Å². The third kappa shape index (κ3) is 3.14. The Morgan fingerprint density at radius 1 is 1.00 bits per heavy atom. The summed E-state index contributed by atoms with van der Waals surface area (Å²) >= 11 is 0. The van der Waals surface area contributed by atoms with E-state index in [9.17, 15) is 15.0 Å². The number of carboxylic acid groups (broad SMARTS) is 1. The normalized spacial score (nSPS) is 51.7. The summed E-state index contributed by atoms with van der Waals surface area (Å²) in [6.07, 6.45) is 9.19. The van der Waals surface area contributed by atoms with Crippen molar-refractivity contribution in [3.63, 3.8) is 0 Å². The van der Waals surface area contributed by atoms with Gasteiger partial charge in [0.15, 0.2) is 0 Å². The Bertz CT molecular complexity index is 605. The molecule has 4 rings (SSSR count). The predicted octanol–water partition coefficient (Wildman–Crippen LogP) is 4.48. The lowest BCUT2D eigenvalue weighted by Gasteiger charge is -2.62. The molecule has 0 aromatic rings. The molecule has 4 aliphatic carbocycles. The fourth-order valence-electron chi connectivity index (χ4n) is 8.73. The molecule has 5 unspecified atom stereocenters. The van der Waals surface area contributed by atoms with Crippen molar-refractivity contribution in [3.05, 3.63) is 0 Å². The van der Waals surface area contributed by atoms with Crippen LogP contribution in [-0.4, -0.2) is 33.5 Å². The maximum Gasteiger partial charge on any atom is 0.303 e. The van der Waals surface area contributed by atoms with Crippen molar-refractivity contribution < 1.29 is 20.1 Å². The molecule has 0 aromatic carbocycles. The summed E-state index contributed by atoms with van der Waals surface area (Å²) in [5, 5.41) is 30.5. The molecule has 28 heavy (non-hydrogen) atoms. The third-order valence-electron chi connectivity index (χ3n) is 10.2. The number of carbonyl (C=O) groups is 1. The monoisotopic (exact) mass is 392 g/mol.